The molecule has 2 N–H and O–H groups in total. The number of hydrogen-bond donors (Lipinski definition) is 1. The molecule has 0 radical (unpaired) electrons. The van der Waals surface area contributed by atoms with Crippen LogP contribution in [-0.4, -0.2) is 0 Å². The fourth-order valence-electron chi connectivity index (χ4n) is 1.49. The number of hydrogen-bond acceptors (Lipinski definition) is 2. The van der Waals surface area contributed by atoms with Gasteiger partial charge in [0, 0.05) is 20.0 Å². The third-order valence-corrected chi connectivity index (χ3v) is 3.96. The third-order valence-electron chi connectivity index (χ3n) is 2.35. The molecule has 2 aromatic carbocycles. The lowest BCUT2D eigenvalue weighted by Gasteiger charge is -2.13. The summed E-state index contributed by atoms with van der Waals surface area (Å²) in [4.78, 5) is 0.877. The van der Waals surface area contributed by atoms with Crippen LogP contribution in [0, 0.1) is 0 Å². The molecule has 0 aliphatic carbocycles. The quantitative estimate of drug-likeness (QED) is 0.755. The molecule has 0 unspecified atom stereocenters. The Morgan fingerprint density at radius 3 is 2.21 bits per heavy atom. The molecule has 2 aromatic rings. The van der Waals surface area contributed by atoms with Gasteiger partial charge in [-0.1, -0.05) is 27.7 Å². The number of nitrogen functional groups attached to an aromatic ring is 1. The van der Waals surface area contributed by atoms with Crippen molar-refractivity contribution < 1.29 is 13.2 Å². The average Bonchev–Trinajstić information content (AvgIpc) is 2.33. The molecular formula is C13H9BrF3NS. The molecule has 2 rings (SSSR count). The zero-order chi connectivity index (χ0) is 14.0. The van der Waals surface area contributed by atoms with E-state index in [0.29, 0.717) is 0 Å². The number of halogens is 4. The predicted molar refractivity (Wildman–Crippen MR) is 74.1 cm³/mol. The summed E-state index contributed by atoms with van der Waals surface area (Å²) >= 11 is 4.34. The molecule has 0 heterocycles. The maximum atomic E-state index is 12.9. The van der Waals surface area contributed by atoms with Crippen molar-refractivity contribution in [3.8, 4) is 0 Å². The van der Waals surface area contributed by atoms with Crippen LogP contribution in [0.2, 0.25) is 0 Å². The lowest BCUT2D eigenvalue weighted by Crippen LogP contribution is -2.07. The van der Waals surface area contributed by atoms with Gasteiger partial charge in [0.25, 0.3) is 0 Å². The van der Waals surface area contributed by atoms with Crippen LogP contribution in [0.4, 0.5) is 18.9 Å². The van der Waals surface area contributed by atoms with Crippen LogP contribution >= 0.6 is 27.7 Å². The van der Waals surface area contributed by atoms with Crippen LogP contribution in [0.15, 0.2) is 56.7 Å². The second-order valence-corrected chi connectivity index (χ2v) is 5.84. The first-order valence-electron chi connectivity index (χ1n) is 5.26. The molecule has 0 spiro atoms. The fraction of sp³-hybridized carbons (Fsp3) is 0.0769. The SMILES string of the molecule is Nc1ccc(Sc2ccc(Br)cc2)c(C(F)(F)F)c1. The van der Waals surface area contributed by atoms with Gasteiger partial charge in [-0.05, 0) is 42.5 Å². The molecule has 0 bridgehead atoms. The molecule has 19 heavy (non-hydrogen) atoms. The number of rotatable bonds is 2. The summed E-state index contributed by atoms with van der Waals surface area (Å²) < 4.78 is 39.6. The van der Waals surface area contributed by atoms with E-state index in [-0.39, 0.29) is 10.6 Å². The minimum absolute atomic E-state index is 0.104. The Bertz CT molecular complexity index is 581. The van der Waals surface area contributed by atoms with E-state index in [1.165, 1.54) is 12.1 Å². The topological polar surface area (TPSA) is 26.0 Å². The van der Waals surface area contributed by atoms with Crippen molar-refractivity contribution in [2.45, 2.75) is 16.0 Å². The highest BCUT2D eigenvalue weighted by Crippen LogP contribution is 2.40. The highest BCUT2D eigenvalue weighted by atomic mass is 79.9. The summed E-state index contributed by atoms with van der Waals surface area (Å²) in [5.41, 5.74) is 4.82. The Morgan fingerprint density at radius 2 is 1.63 bits per heavy atom. The van der Waals surface area contributed by atoms with E-state index in [1.807, 2.05) is 0 Å². The first kappa shape index (κ1) is 14.3. The van der Waals surface area contributed by atoms with Gasteiger partial charge in [0.15, 0.2) is 0 Å². The molecule has 0 fully saturated rings. The monoisotopic (exact) mass is 347 g/mol. The van der Waals surface area contributed by atoms with Crippen LogP contribution in [0.5, 0.6) is 0 Å². The molecule has 1 nitrogen and oxygen atoms in total. The molecule has 0 amide bonds. The largest absolute Gasteiger partial charge is 0.417 e. The van der Waals surface area contributed by atoms with Crippen molar-refractivity contribution in [1.29, 1.82) is 0 Å². The normalized spacial score (nSPS) is 11.6. The van der Waals surface area contributed by atoms with Gasteiger partial charge >= 0.3 is 6.18 Å². The van der Waals surface area contributed by atoms with Crippen LogP contribution in [0.1, 0.15) is 5.56 Å². The lowest BCUT2D eigenvalue weighted by atomic mass is 10.2. The average molecular weight is 348 g/mol. The smallest absolute Gasteiger partial charge is 0.399 e. The van der Waals surface area contributed by atoms with Crippen LogP contribution in [0.25, 0.3) is 0 Å². The highest BCUT2D eigenvalue weighted by molar-refractivity contribution is 9.10. The number of nitrogens with two attached hydrogens (primary N) is 1. The Labute approximate surface area is 121 Å². The summed E-state index contributed by atoms with van der Waals surface area (Å²) in [5.74, 6) is 0. The highest BCUT2D eigenvalue weighted by Gasteiger charge is 2.33. The number of benzene rings is 2. The van der Waals surface area contributed by atoms with E-state index in [9.17, 15) is 13.2 Å². The van der Waals surface area contributed by atoms with Gasteiger partial charge in [-0.2, -0.15) is 13.2 Å². The lowest BCUT2D eigenvalue weighted by molar-refractivity contribution is -0.139. The minimum atomic E-state index is -4.41. The Balaban J connectivity index is 2.37. The third kappa shape index (κ3) is 3.67. The van der Waals surface area contributed by atoms with Gasteiger partial charge in [-0.25, -0.2) is 0 Å². The Hall–Kier alpha value is -1.14. The van der Waals surface area contributed by atoms with Crippen molar-refractivity contribution in [2.75, 3.05) is 5.73 Å². The van der Waals surface area contributed by atoms with Gasteiger partial charge in [0.2, 0.25) is 0 Å². The van der Waals surface area contributed by atoms with Gasteiger partial charge in [0.1, 0.15) is 0 Å². The van der Waals surface area contributed by atoms with Crippen molar-refractivity contribution in [1.82, 2.24) is 0 Å². The molecule has 0 saturated heterocycles. The van der Waals surface area contributed by atoms with Gasteiger partial charge in [0.05, 0.1) is 5.56 Å². The second-order valence-electron chi connectivity index (χ2n) is 3.81. The van der Waals surface area contributed by atoms with Gasteiger partial charge < -0.3 is 5.73 Å². The van der Waals surface area contributed by atoms with Crippen molar-refractivity contribution in [3.05, 3.63) is 52.5 Å². The molecule has 0 aliphatic heterocycles. The van der Waals surface area contributed by atoms with E-state index in [0.717, 1.165) is 27.2 Å². The Morgan fingerprint density at radius 1 is 1.00 bits per heavy atom. The maximum absolute atomic E-state index is 12.9. The fourth-order valence-corrected chi connectivity index (χ4v) is 2.70. The molecule has 100 valence electrons. The zero-order valence-corrected chi connectivity index (χ0v) is 11.9. The molecule has 0 saturated carbocycles. The summed E-state index contributed by atoms with van der Waals surface area (Å²) in [6.45, 7) is 0. The molecule has 0 aromatic heterocycles. The summed E-state index contributed by atoms with van der Waals surface area (Å²) in [6.07, 6.45) is -4.41. The van der Waals surface area contributed by atoms with E-state index in [2.05, 4.69) is 15.9 Å². The second kappa shape index (κ2) is 5.46. The van der Waals surface area contributed by atoms with Crippen molar-refractivity contribution in [3.63, 3.8) is 0 Å². The molecule has 6 heteroatoms. The summed E-state index contributed by atoms with van der Waals surface area (Å²) in [6, 6.07) is 10.9. The van der Waals surface area contributed by atoms with Crippen LogP contribution in [-0.2, 0) is 6.18 Å². The van der Waals surface area contributed by atoms with Crippen molar-refractivity contribution in [2.24, 2.45) is 0 Å². The van der Waals surface area contributed by atoms with Crippen molar-refractivity contribution >= 4 is 33.4 Å². The molecular weight excluding hydrogens is 339 g/mol. The minimum Gasteiger partial charge on any atom is -0.399 e. The van der Waals surface area contributed by atoms with E-state index in [4.69, 9.17) is 5.73 Å². The number of alkyl halides is 3. The zero-order valence-electron chi connectivity index (χ0n) is 9.54. The van der Waals surface area contributed by atoms with Gasteiger partial charge in [-0.15, -0.1) is 0 Å². The summed E-state index contributed by atoms with van der Waals surface area (Å²) in [5, 5.41) is 0. The first-order valence-corrected chi connectivity index (χ1v) is 6.87. The summed E-state index contributed by atoms with van der Waals surface area (Å²) in [7, 11) is 0. The first-order chi connectivity index (χ1) is 8.86. The Kier molecular flexibility index (Phi) is 4.10. The number of anilines is 1. The van der Waals surface area contributed by atoms with Gasteiger partial charge in [-0.3, -0.25) is 0 Å². The maximum Gasteiger partial charge on any atom is 0.417 e. The molecule has 0 aliphatic rings. The molecule has 0 atom stereocenters. The van der Waals surface area contributed by atoms with Crippen LogP contribution < -0.4 is 5.73 Å². The van der Waals surface area contributed by atoms with E-state index < -0.39 is 11.7 Å². The van der Waals surface area contributed by atoms with E-state index in [1.54, 1.807) is 24.3 Å². The standard InChI is InChI=1S/C13H9BrF3NS/c14-8-1-4-10(5-2-8)19-12-6-3-9(18)7-11(12)13(15,16)17/h1-7H,18H2. The van der Waals surface area contributed by atoms with Crippen LogP contribution in [0.3, 0.4) is 0 Å². The predicted octanol–water partition coefficient (Wildman–Crippen LogP) is 5.20. The van der Waals surface area contributed by atoms with E-state index >= 15 is 0 Å².